The van der Waals surface area contributed by atoms with E-state index in [2.05, 4.69) is 29.8 Å². The van der Waals surface area contributed by atoms with Crippen molar-refractivity contribution in [3.8, 4) is 10.8 Å². The third-order valence-corrected chi connectivity index (χ3v) is 6.31. The summed E-state index contributed by atoms with van der Waals surface area (Å²) in [7, 11) is 2.18. The molecule has 0 amide bonds. The third kappa shape index (κ3) is 6.90. The monoisotopic (exact) mass is 471 g/mol. The lowest BCUT2D eigenvalue weighted by molar-refractivity contribution is -0.134. The van der Waals surface area contributed by atoms with Crippen molar-refractivity contribution in [3.63, 3.8) is 0 Å². The van der Waals surface area contributed by atoms with Crippen LogP contribution in [0.15, 0.2) is 47.5 Å². The molecule has 0 unspecified atom stereocenters. The van der Waals surface area contributed by atoms with E-state index in [-0.39, 0.29) is 0 Å². The number of fused-ring (bicyclic) bond motifs is 2. The molecule has 0 aliphatic carbocycles. The number of ether oxygens (including phenoxy) is 1. The van der Waals surface area contributed by atoms with Crippen LogP contribution >= 0.6 is 11.3 Å². The number of likely N-dealkylation sites (N-methyl/N-ethyl adjacent to an activating group) is 1. The van der Waals surface area contributed by atoms with E-state index >= 15 is 0 Å². The Kier molecular flexibility index (Phi) is 8.62. The highest BCUT2D eigenvalue weighted by Gasteiger charge is 2.27. The van der Waals surface area contributed by atoms with E-state index in [1.165, 1.54) is 17.7 Å². The Hall–Kier alpha value is -3.17. The van der Waals surface area contributed by atoms with Gasteiger partial charge < -0.3 is 24.7 Å². The molecule has 8 nitrogen and oxygen atoms in total. The highest BCUT2D eigenvalue weighted by Crippen LogP contribution is 2.42. The number of hydrogen-bond acceptors (Lipinski definition) is 7. The zero-order chi connectivity index (χ0) is 23.8. The van der Waals surface area contributed by atoms with Crippen molar-refractivity contribution in [2.45, 2.75) is 26.2 Å². The Morgan fingerprint density at radius 2 is 1.79 bits per heavy atom. The number of hydrogen-bond donors (Lipinski definition) is 2. The van der Waals surface area contributed by atoms with Gasteiger partial charge in [-0.3, -0.25) is 0 Å². The van der Waals surface area contributed by atoms with Crippen LogP contribution in [0.4, 0.5) is 5.69 Å². The van der Waals surface area contributed by atoms with Crippen molar-refractivity contribution >= 4 is 34.8 Å². The Balaban J connectivity index is 0.000000331. The maximum atomic E-state index is 9.55. The van der Waals surface area contributed by atoms with Gasteiger partial charge in [0.25, 0.3) is 0 Å². The molecule has 33 heavy (non-hydrogen) atoms. The van der Waals surface area contributed by atoms with Crippen LogP contribution in [0.2, 0.25) is 0 Å². The van der Waals surface area contributed by atoms with Gasteiger partial charge >= 0.3 is 11.9 Å². The van der Waals surface area contributed by atoms with Crippen LogP contribution in [0.5, 0.6) is 10.8 Å². The first-order chi connectivity index (χ1) is 15.9. The molecule has 0 spiro atoms. The number of unbranched alkanes of at least 4 members (excludes halogenated alkanes) is 1. The van der Waals surface area contributed by atoms with Crippen LogP contribution < -0.4 is 4.74 Å². The molecule has 3 heterocycles. The summed E-state index contributed by atoms with van der Waals surface area (Å²) < 4.78 is 6.27. The number of nitrogens with zero attached hydrogens (tertiary/aromatic N) is 3. The van der Waals surface area contributed by atoms with Gasteiger partial charge in [0, 0.05) is 43.2 Å². The SMILES string of the molecule is CCCCc1cc2c(s1)Oc1ccccc1N=C2N1CCN(C)CC1.O=C(O)/C=C/C(=O)O. The van der Waals surface area contributed by atoms with Gasteiger partial charge in [0.1, 0.15) is 11.5 Å². The average molecular weight is 472 g/mol. The van der Waals surface area contributed by atoms with Gasteiger partial charge in [0.15, 0.2) is 10.8 Å². The number of carboxylic acid groups (broad SMARTS) is 2. The Morgan fingerprint density at radius 3 is 2.42 bits per heavy atom. The topological polar surface area (TPSA) is 103 Å². The summed E-state index contributed by atoms with van der Waals surface area (Å²) in [5, 5.41) is 16.6. The quantitative estimate of drug-likeness (QED) is 0.629. The summed E-state index contributed by atoms with van der Waals surface area (Å²) in [6.07, 6.45) is 4.67. The van der Waals surface area contributed by atoms with Crippen LogP contribution in [0, 0.1) is 0 Å². The molecule has 1 aromatic carbocycles. The van der Waals surface area contributed by atoms with Crippen molar-refractivity contribution < 1.29 is 24.5 Å². The smallest absolute Gasteiger partial charge is 0.328 e. The number of aliphatic imine (C=N–C) groups is 1. The fourth-order valence-corrected chi connectivity index (χ4v) is 4.49. The zero-order valence-corrected chi connectivity index (χ0v) is 19.7. The summed E-state index contributed by atoms with van der Waals surface area (Å²) >= 11 is 1.78. The number of para-hydroxylation sites is 2. The summed E-state index contributed by atoms with van der Waals surface area (Å²) in [5.74, 6) is -0.580. The number of thiophene rings is 1. The maximum absolute atomic E-state index is 9.55. The highest BCUT2D eigenvalue weighted by molar-refractivity contribution is 7.14. The maximum Gasteiger partial charge on any atom is 0.328 e. The summed E-state index contributed by atoms with van der Waals surface area (Å²) in [5.41, 5.74) is 2.09. The first-order valence-electron chi connectivity index (χ1n) is 10.9. The first kappa shape index (κ1) is 24.5. The number of benzene rings is 1. The van der Waals surface area contributed by atoms with Gasteiger partial charge in [-0.25, -0.2) is 14.6 Å². The van der Waals surface area contributed by atoms with Crippen LogP contribution in [0.3, 0.4) is 0 Å². The number of amidine groups is 1. The van der Waals surface area contributed by atoms with Crippen molar-refractivity contribution in [1.82, 2.24) is 9.80 Å². The lowest BCUT2D eigenvalue weighted by atomic mass is 10.1. The molecule has 176 valence electrons. The molecule has 0 atom stereocenters. The second kappa shape index (κ2) is 11.6. The number of aryl methyl sites for hydroxylation is 1. The molecule has 1 saturated heterocycles. The molecule has 1 fully saturated rings. The minimum absolute atomic E-state index is 0.558. The van der Waals surface area contributed by atoms with Crippen LogP contribution in [-0.2, 0) is 16.0 Å². The molecule has 0 bridgehead atoms. The molecule has 2 aliphatic rings. The van der Waals surface area contributed by atoms with E-state index < -0.39 is 11.9 Å². The minimum Gasteiger partial charge on any atom is -0.478 e. The molecule has 1 aromatic heterocycles. The van der Waals surface area contributed by atoms with E-state index in [9.17, 15) is 9.59 Å². The van der Waals surface area contributed by atoms with E-state index in [0.717, 1.165) is 60.5 Å². The van der Waals surface area contributed by atoms with Gasteiger partial charge in [0.05, 0.1) is 5.56 Å². The fourth-order valence-electron chi connectivity index (χ4n) is 3.44. The molecule has 2 aliphatic heterocycles. The number of rotatable bonds is 5. The van der Waals surface area contributed by atoms with Crippen molar-refractivity contribution in [3.05, 3.63) is 52.9 Å². The van der Waals surface area contributed by atoms with Crippen LogP contribution in [0.1, 0.15) is 30.2 Å². The third-order valence-electron chi connectivity index (χ3n) is 5.23. The van der Waals surface area contributed by atoms with E-state index in [0.29, 0.717) is 12.2 Å². The van der Waals surface area contributed by atoms with Crippen LogP contribution in [-0.4, -0.2) is 71.0 Å². The van der Waals surface area contributed by atoms with Gasteiger partial charge in [-0.2, -0.15) is 0 Å². The second-order valence-corrected chi connectivity index (χ2v) is 8.92. The van der Waals surface area contributed by atoms with E-state index in [1.54, 1.807) is 11.3 Å². The standard InChI is InChI=1S/C20H25N3OS.C4H4O4/c1-3-4-7-15-14-16-19(23-12-10-22(2)11-13-23)21-17-8-5-6-9-18(17)24-20(16)25-15;5-3(6)1-2-4(7)8/h5-6,8-9,14H,3-4,7,10-13H2,1-2H3;1-2H,(H,5,6)(H,7,8)/b;2-1+. The number of carbonyl (C=O) groups is 2. The molecule has 4 rings (SSSR count). The van der Waals surface area contributed by atoms with Crippen molar-refractivity contribution in [2.24, 2.45) is 4.99 Å². The second-order valence-electron chi connectivity index (χ2n) is 7.82. The lowest BCUT2D eigenvalue weighted by Gasteiger charge is -2.34. The summed E-state index contributed by atoms with van der Waals surface area (Å²) in [6.45, 7) is 6.41. The van der Waals surface area contributed by atoms with Crippen molar-refractivity contribution in [2.75, 3.05) is 33.2 Å². The molecule has 0 saturated carbocycles. The van der Waals surface area contributed by atoms with Gasteiger partial charge in [0.2, 0.25) is 0 Å². The Morgan fingerprint density at radius 1 is 1.12 bits per heavy atom. The fraction of sp³-hybridized carbons (Fsp3) is 0.375. The number of carboxylic acids is 2. The molecular weight excluding hydrogens is 442 g/mol. The first-order valence-corrected chi connectivity index (χ1v) is 11.7. The predicted octanol–water partition coefficient (Wildman–Crippen LogP) is 4.23. The Labute approximate surface area is 197 Å². The highest BCUT2D eigenvalue weighted by atomic mass is 32.1. The predicted molar refractivity (Wildman–Crippen MR) is 129 cm³/mol. The molecule has 9 heteroatoms. The molecule has 2 N–H and O–H groups in total. The minimum atomic E-state index is -1.26. The normalized spacial score (nSPS) is 15.5. The largest absolute Gasteiger partial charge is 0.478 e. The van der Waals surface area contributed by atoms with Crippen LogP contribution in [0.25, 0.3) is 0 Å². The summed E-state index contributed by atoms with van der Waals surface area (Å²) in [4.78, 5) is 30.3. The average Bonchev–Trinajstić information content (AvgIpc) is 3.12. The van der Waals surface area contributed by atoms with E-state index in [1.807, 2.05) is 24.3 Å². The zero-order valence-electron chi connectivity index (χ0n) is 18.9. The lowest BCUT2D eigenvalue weighted by Crippen LogP contribution is -2.47. The van der Waals surface area contributed by atoms with Crippen molar-refractivity contribution in [1.29, 1.82) is 0 Å². The van der Waals surface area contributed by atoms with Gasteiger partial charge in [-0.15, -0.1) is 11.3 Å². The molecule has 2 aromatic rings. The Bertz CT molecular complexity index is 1020. The van der Waals surface area contributed by atoms with Gasteiger partial charge in [-0.05, 0) is 38.1 Å². The molecular formula is C24H29N3O5S. The van der Waals surface area contributed by atoms with Gasteiger partial charge in [-0.1, -0.05) is 25.5 Å². The number of aliphatic carboxylic acids is 2. The van der Waals surface area contributed by atoms with E-state index in [4.69, 9.17) is 19.9 Å². The molecule has 0 radical (unpaired) electrons. The number of piperazine rings is 1. The summed E-state index contributed by atoms with van der Waals surface area (Å²) in [6, 6.07) is 10.4.